The van der Waals surface area contributed by atoms with E-state index in [1.807, 2.05) is 25.3 Å². The van der Waals surface area contributed by atoms with E-state index in [1.165, 1.54) is 24.1 Å². The molecule has 0 radical (unpaired) electrons. The van der Waals surface area contributed by atoms with Gasteiger partial charge in [0.1, 0.15) is 5.69 Å². The number of hydrogen-bond acceptors (Lipinski definition) is 4. The molecule has 2 heterocycles. The molecule has 0 amide bonds. The molecule has 2 aromatic heterocycles. The summed E-state index contributed by atoms with van der Waals surface area (Å²) < 4.78 is 0. The van der Waals surface area contributed by atoms with Gasteiger partial charge in [-0.15, -0.1) is 0 Å². The van der Waals surface area contributed by atoms with E-state index in [-0.39, 0.29) is 0 Å². The maximum absolute atomic E-state index is 4.76. The van der Waals surface area contributed by atoms with Crippen molar-refractivity contribution in [2.24, 2.45) is 0 Å². The van der Waals surface area contributed by atoms with E-state index in [1.54, 1.807) is 6.20 Å². The number of nitrogens with zero attached hydrogens (tertiary/aromatic N) is 3. The Morgan fingerprint density at radius 3 is 3.05 bits per heavy atom. The minimum atomic E-state index is 0.405. The SMILES string of the molecule is CCNC1CCCc2nc(-c3ncccc3C)ncc21. The molecule has 1 aliphatic rings. The van der Waals surface area contributed by atoms with Crippen LogP contribution in [-0.2, 0) is 6.42 Å². The van der Waals surface area contributed by atoms with Crippen LogP contribution in [-0.4, -0.2) is 21.5 Å². The highest BCUT2D eigenvalue weighted by Crippen LogP contribution is 2.29. The molecule has 2 aromatic rings. The van der Waals surface area contributed by atoms with Crippen molar-refractivity contribution in [2.45, 2.75) is 39.2 Å². The van der Waals surface area contributed by atoms with Crippen LogP contribution < -0.4 is 5.32 Å². The Kier molecular flexibility index (Phi) is 3.74. The molecule has 0 fully saturated rings. The summed E-state index contributed by atoms with van der Waals surface area (Å²) in [4.78, 5) is 13.7. The smallest absolute Gasteiger partial charge is 0.178 e. The van der Waals surface area contributed by atoms with Gasteiger partial charge in [-0.25, -0.2) is 9.97 Å². The molecule has 4 heteroatoms. The summed E-state index contributed by atoms with van der Waals surface area (Å²) in [5.74, 6) is 0.749. The Hall–Kier alpha value is -1.81. The second kappa shape index (κ2) is 5.67. The number of rotatable bonds is 3. The van der Waals surface area contributed by atoms with E-state index >= 15 is 0 Å². The van der Waals surface area contributed by atoms with E-state index in [9.17, 15) is 0 Å². The van der Waals surface area contributed by atoms with Gasteiger partial charge in [0, 0.05) is 29.7 Å². The fraction of sp³-hybridized carbons (Fsp3) is 0.438. The average molecular weight is 268 g/mol. The van der Waals surface area contributed by atoms with Crippen molar-refractivity contribution in [1.82, 2.24) is 20.3 Å². The first-order valence-corrected chi connectivity index (χ1v) is 7.30. The van der Waals surface area contributed by atoms with Crippen molar-refractivity contribution in [1.29, 1.82) is 0 Å². The van der Waals surface area contributed by atoms with Crippen LogP contribution >= 0.6 is 0 Å². The fourth-order valence-electron chi connectivity index (χ4n) is 2.84. The number of pyridine rings is 1. The van der Waals surface area contributed by atoms with E-state index in [0.29, 0.717) is 6.04 Å². The number of aryl methyl sites for hydroxylation is 2. The molecule has 0 saturated carbocycles. The lowest BCUT2D eigenvalue weighted by Gasteiger charge is -2.25. The van der Waals surface area contributed by atoms with Crippen LogP contribution in [0.3, 0.4) is 0 Å². The predicted molar refractivity (Wildman–Crippen MR) is 79.4 cm³/mol. The molecule has 0 aromatic carbocycles. The maximum atomic E-state index is 4.76. The zero-order valence-electron chi connectivity index (χ0n) is 12.1. The summed E-state index contributed by atoms with van der Waals surface area (Å²) in [6.07, 6.45) is 7.18. The van der Waals surface area contributed by atoms with Crippen LogP contribution in [0.15, 0.2) is 24.5 Å². The molecule has 20 heavy (non-hydrogen) atoms. The highest BCUT2D eigenvalue weighted by molar-refractivity contribution is 5.54. The van der Waals surface area contributed by atoms with Crippen LogP contribution in [0.5, 0.6) is 0 Å². The van der Waals surface area contributed by atoms with Crippen molar-refractivity contribution in [2.75, 3.05) is 6.54 Å². The minimum absolute atomic E-state index is 0.405. The summed E-state index contributed by atoms with van der Waals surface area (Å²) in [6, 6.07) is 4.40. The minimum Gasteiger partial charge on any atom is -0.310 e. The van der Waals surface area contributed by atoms with Crippen molar-refractivity contribution >= 4 is 0 Å². The molecule has 3 rings (SSSR count). The molecule has 0 bridgehead atoms. The van der Waals surface area contributed by atoms with Crippen molar-refractivity contribution in [3.8, 4) is 11.5 Å². The highest BCUT2D eigenvalue weighted by atomic mass is 15.0. The highest BCUT2D eigenvalue weighted by Gasteiger charge is 2.22. The summed E-state index contributed by atoms with van der Waals surface area (Å²) in [6.45, 7) is 5.17. The summed E-state index contributed by atoms with van der Waals surface area (Å²) in [5.41, 5.74) is 4.44. The lowest BCUT2D eigenvalue weighted by molar-refractivity contribution is 0.464. The molecule has 0 spiro atoms. The summed E-state index contributed by atoms with van der Waals surface area (Å²) >= 11 is 0. The van der Waals surface area contributed by atoms with E-state index in [2.05, 4.69) is 22.2 Å². The number of fused-ring (bicyclic) bond motifs is 1. The standard InChI is InChI=1S/C16H20N4/c1-3-17-13-7-4-8-14-12(13)10-19-16(20-14)15-11(2)6-5-9-18-15/h5-6,9-10,13,17H,3-4,7-8H2,1-2H3. The molecule has 104 valence electrons. The van der Waals surface area contributed by atoms with Gasteiger partial charge in [-0.1, -0.05) is 13.0 Å². The molecule has 0 saturated heterocycles. The third-order valence-electron chi connectivity index (χ3n) is 3.85. The zero-order valence-corrected chi connectivity index (χ0v) is 12.1. The molecule has 1 N–H and O–H groups in total. The maximum Gasteiger partial charge on any atom is 0.178 e. The topological polar surface area (TPSA) is 50.7 Å². The van der Waals surface area contributed by atoms with Crippen molar-refractivity contribution in [3.63, 3.8) is 0 Å². The predicted octanol–water partition coefficient (Wildman–Crippen LogP) is 2.83. The molecule has 1 unspecified atom stereocenters. The molecular formula is C16H20N4. The third-order valence-corrected chi connectivity index (χ3v) is 3.85. The van der Waals surface area contributed by atoms with Gasteiger partial charge in [0.2, 0.25) is 0 Å². The Bertz CT molecular complexity index is 609. The number of nitrogens with one attached hydrogen (secondary N) is 1. The first-order chi connectivity index (χ1) is 9.79. The van der Waals surface area contributed by atoms with Gasteiger partial charge in [0.25, 0.3) is 0 Å². The Morgan fingerprint density at radius 2 is 2.25 bits per heavy atom. The van der Waals surface area contributed by atoms with Crippen LogP contribution in [0.25, 0.3) is 11.5 Å². The largest absolute Gasteiger partial charge is 0.310 e. The van der Waals surface area contributed by atoms with E-state index in [0.717, 1.165) is 30.0 Å². The first-order valence-electron chi connectivity index (χ1n) is 7.30. The molecular weight excluding hydrogens is 248 g/mol. The monoisotopic (exact) mass is 268 g/mol. The quantitative estimate of drug-likeness (QED) is 0.930. The van der Waals surface area contributed by atoms with Gasteiger partial charge < -0.3 is 5.32 Å². The summed E-state index contributed by atoms with van der Waals surface area (Å²) in [7, 11) is 0. The van der Waals surface area contributed by atoms with E-state index in [4.69, 9.17) is 4.98 Å². The van der Waals surface area contributed by atoms with Crippen molar-refractivity contribution < 1.29 is 0 Å². The van der Waals surface area contributed by atoms with Crippen LogP contribution in [0.4, 0.5) is 0 Å². The van der Waals surface area contributed by atoms with Crippen LogP contribution in [0.2, 0.25) is 0 Å². The normalized spacial score (nSPS) is 17.8. The first kappa shape index (κ1) is 13.2. The summed E-state index contributed by atoms with van der Waals surface area (Å²) in [5, 5.41) is 3.52. The number of aromatic nitrogens is 3. The number of hydrogen-bond donors (Lipinski definition) is 1. The molecule has 1 aliphatic carbocycles. The molecule has 0 aliphatic heterocycles. The van der Waals surface area contributed by atoms with Gasteiger partial charge in [-0.2, -0.15) is 0 Å². The average Bonchev–Trinajstić information content (AvgIpc) is 2.48. The van der Waals surface area contributed by atoms with Gasteiger partial charge >= 0.3 is 0 Å². The van der Waals surface area contributed by atoms with Gasteiger partial charge in [-0.3, -0.25) is 4.98 Å². The van der Waals surface area contributed by atoms with Gasteiger partial charge in [0.15, 0.2) is 5.82 Å². The third kappa shape index (κ3) is 2.43. The van der Waals surface area contributed by atoms with Gasteiger partial charge in [-0.05, 0) is 44.4 Å². The second-order valence-corrected chi connectivity index (χ2v) is 5.27. The van der Waals surface area contributed by atoms with Gasteiger partial charge in [0.05, 0.1) is 0 Å². The van der Waals surface area contributed by atoms with E-state index < -0.39 is 0 Å². The lowest BCUT2D eigenvalue weighted by atomic mass is 9.92. The second-order valence-electron chi connectivity index (χ2n) is 5.27. The lowest BCUT2D eigenvalue weighted by Crippen LogP contribution is -2.26. The molecule has 4 nitrogen and oxygen atoms in total. The Labute approximate surface area is 119 Å². The zero-order chi connectivity index (χ0) is 13.9. The van der Waals surface area contributed by atoms with Crippen molar-refractivity contribution in [3.05, 3.63) is 41.3 Å². The molecule has 1 atom stereocenters. The van der Waals surface area contributed by atoms with Crippen LogP contribution in [0.1, 0.15) is 42.6 Å². The Morgan fingerprint density at radius 1 is 1.35 bits per heavy atom. The fourth-order valence-corrected chi connectivity index (χ4v) is 2.84. The Balaban J connectivity index is 1.99. The van der Waals surface area contributed by atoms with Crippen LogP contribution in [0, 0.1) is 6.92 Å².